The zero-order valence-electron chi connectivity index (χ0n) is 16.1. The minimum Gasteiger partial charge on any atom is -0.406 e. The molecule has 2 N–H and O–H groups in total. The van der Waals surface area contributed by atoms with E-state index in [1.165, 1.54) is 18.2 Å². The first-order chi connectivity index (χ1) is 15.0. The summed E-state index contributed by atoms with van der Waals surface area (Å²) in [5.74, 6) is -1.11. The average molecular weight is 549 g/mol. The molecule has 0 radical (unpaired) electrons. The van der Waals surface area contributed by atoms with Crippen LogP contribution in [-0.4, -0.2) is 26.7 Å². The number of hydrogen-bond donors (Lipinski definition) is 2. The van der Waals surface area contributed by atoms with E-state index >= 15 is 0 Å². The highest BCUT2D eigenvalue weighted by Crippen LogP contribution is 2.27. The lowest BCUT2D eigenvalue weighted by Crippen LogP contribution is -2.45. The number of anilines is 1. The highest BCUT2D eigenvalue weighted by atomic mass is 79.9. The van der Waals surface area contributed by atoms with Crippen LogP contribution in [0.4, 0.5) is 18.9 Å². The third kappa shape index (κ3) is 7.05. The van der Waals surface area contributed by atoms with Crippen molar-refractivity contribution < 1.29 is 31.1 Å². The normalized spacial score (nSPS) is 12.9. The summed E-state index contributed by atoms with van der Waals surface area (Å²) in [6.07, 6.45) is -4.77. The van der Waals surface area contributed by atoms with E-state index in [1.54, 1.807) is 36.4 Å². The molecule has 0 aliphatic carbocycles. The van der Waals surface area contributed by atoms with Gasteiger partial charge in [-0.1, -0.05) is 30.3 Å². The summed E-state index contributed by atoms with van der Waals surface area (Å²) in [5, 5.41) is 2.52. The van der Waals surface area contributed by atoms with Crippen LogP contribution in [0.1, 0.15) is 5.56 Å². The first-order valence-corrected chi connectivity index (χ1v) is 12.1. The Morgan fingerprint density at radius 2 is 1.69 bits per heavy atom. The van der Waals surface area contributed by atoms with E-state index in [1.807, 2.05) is 0 Å². The summed E-state index contributed by atoms with van der Waals surface area (Å²) in [6.45, 7) is 0. The Kier molecular flexibility index (Phi) is 7.59. The molecule has 3 aromatic rings. The molecule has 0 fully saturated rings. The minimum absolute atomic E-state index is 0.0314. The lowest BCUT2D eigenvalue weighted by molar-refractivity contribution is -0.274. The Morgan fingerprint density at radius 1 is 1.03 bits per heavy atom. The number of amides is 1. The van der Waals surface area contributed by atoms with E-state index in [0.717, 1.165) is 29.0 Å². The maximum absolute atomic E-state index is 12.9. The third-order valence-electron chi connectivity index (χ3n) is 4.07. The van der Waals surface area contributed by atoms with E-state index in [0.29, 0.717) is 3.79 Å². The first-order valence-electron chi connectivity index (χ1n) is 9.00. The monoisotopic (exact) mass is 548 g/mol. The van der Waals surface area contributed by atoms with Crippen molar-refractivity contribution in [1.29, 1.82) is 0 Å². The van der Waals surface area contributed by atoms with Crippen LogP contribution in [0.3, 0.4) is 0 Å². The molecule has 1 amide bonds. The lowest BCUT2D eigenvalue weighted by Gasteiger charge is -2.18. The van der Waals surface area contributed by atoms with E-state index in [2.05, 4.69) is 30.7 Å². The molecule has 0 saturated heterocycles. The molecule has 0 aliphatic heterocycles. The van der Waals surface area contributed by atoms with Gasteiger partial charge in [0, 0.05) is 5.69 Å². The number of carbonyl (C=O) groups is 1. The number of thiophene rings is 1. The smallest absolute Gasteiger partial charge is 0.406 e. The minimum atomic E-state index is -4.83. The first kappa shape index (κ1) is 24.2. The summed E-state index contributed by atoms with van der Waals surface area (Å²) >= 11 is 4.20. The molecule has 3 rings (SSSR count). The van der Waals surface area contributed by atoms with Crippen molar-refractivity contribution in [3.8, 4) is 5.75 Å². The Bertz CT molecular complexity index is 1170. The van der Waals surface area contributed by atoms with Gasteiger partial charge in [-0.3, -0.25) is 4.79 Å². The number of carbonyl (C=O) groups excluding carboxylic acids is 1. The second-order valence-corrected chi connectivity index (χ2v) is 10.9. The van der Waals surface area contributed by atoms with Crippen molar-refractivity contribution in [2.24, 2.45) is 0 Å². The van der Waals surface area contributed by atoms with Crippen molar-refractivity contribution in [3.05, 3.63) is 76.1 Å². The van der Waals surface area contributed by atoms with Gasteiger partial charge in [0.25, 0.3) is 10.0 Å². The molecule has 0 unspecified atom stereocenters. The molecule has 32 heavy (non-hydrogen) atoms. The Morgan fingerprint density at radius 3 is 2.25 bits per heavy atom. The van der Waals surface area contributed by atoms with Crippen molar-refractivity contribution in [3.63, 3.8) is 0 Å². The molecule has 1 aromatic heterocycles. The number of alkyl halides is 3. The summed E-state index contributed by atoms with van der Waals surface area (Å²) in [6, 6.07) is 15.2. The van der Waals surface area contributed by atoms with Crippen LogP contribution in [0.2, 0.25) is 0 Å². The Hall–Kier alpha value is -2.41. The molecule has 0 bridgehead atoms. The molecule has 0 saturated carbocycles. The maximum Gasteiger partial charge on any atom is 0.573 e. The zero-order chi connectivity index (χ0) is 23.4. The van der Waals surface area contributed by atoms with E-state index in [-0.39, 0.29) is 16.3 Å². The van der Waals surface area contributed by atoms with Crippen molar-refractivity contribution in [1.82, 2.24) is 4.72 Å². The number of hydrogen-bond acceptors (Lipinski definition) is 5. The number of benzene rings is 2. The molecule has 6 nitrogen and oxygen atoms in total. The second kappa shape index (κ2) is 10.0. The quantitative estimate of drug-likeness (QED) is 0.417. The van der Waals surface area contributed by atoms with E-state index < -0.39 is 34.1 Å². The van der Waals surface area contributed by atoms with Crippen molar-refractivity contribution >= 4 is 48.9 Å². The van der Waals surface area contributed by atoms with Crippen LogP contribution in [-0.2, 0) is 21.2 Å². The summed E-state index contributed by atoms with van der Waals surface area (Å²) in [4.78, 5) is 12.9. The molecule has 12 heteroatoms. The number of rotatable bonds is 8. The van der Waals surface area contributed by atoms with E-state index in [4.69, 9.17) is 0 Å². The SMILES string of the molecule is O=C(Nc1ccc(OC(F)(F)F)cc1)[C@@H](Cc1ccccc1)NS(=O)(=O)c1ccc(Br)s1. The molecule has 1 atom stereocenters. The predicted octanol–water partition coefficient (Wildman–Crippen LogP) is 4.94. The Labute approximate surface area is 194 Å². The summed E-state index contributed by atoms with van der Waals surface area (Å²) < 4.78 is 69.3. The largest absolute Gasteiger partial charge is 0.573 e. The zero-order valence-corrected chi connectivity index (χ0v) is 19.3. The van der Waals surface area contributed by atoms with E-state index in [9.17, 15) is 26.4 Å². The highest BCUT2D eigenvalue weighted by Gasteiger charge is 2.31. The maximum atomic E-state index is 12.9. The molecule has 2 aromatic carbocycles. The van der Waals surface area contributed by atoms with Crippen LogP contribution in [0, 0.1) is 0 Å². The fourth-order valence-electron chi connectivity index (χ4n) is 2.69. The van der Waals surface area contributed by atoms with Crippen molar-refractivity contribution in [2.45, 2.75) is 23.0 Å². The van der Waals surface area contributed by atoms with Gasteiger partial charge in [-0.05, 0) is 64.3 Å². The molecule has 1 heterocycles. The topological polar surface area (TPSA) is 84.5 Å². The number of ether oxygens (including phenoxy) is 1. The number of nitrogens with one attached hydrogen (secondary N) is 2. The lowest BCUT2D eigenvalue weighted by atomic mass is 10.1. The van der Waals surface area contributed by atoms with Crippen molar-refractivity contribution in [2.75, 3.05) is 5.32 Å². The van der Waals surface area contributed by atoms with Gasteiger partial charge < -0.3 is 10.1 Å². The van der Waals surface area contributed by atoms with Gasteiger partial charge >= 0.3 is 6.36 Å². The summed E-state index contributed by atoms with van der Waals surface area (Å²) in [7, 11) is -3.99. The van der Waals surface area contributed by atoms with Gasteiger partial charge in [0.1, 0.15) is 16.0 Å². The highest BCUT2D eigenvalue weighted by molar-refractivity contribution is 9.11. The molecular formula is C20H16BrF3N2O4S2. The van der Waals surface area contributed by atoms with Crippen LogP contribution >= 0.6 is 27.3 Å². The Balaban J connectivity index is 1.78. The molecule has 0 aliphatic rings. The van der Waals surface area contributed by atoms with Crippen LogP contribution in [0.15, 0.2) is 74.7 Å². The average Bonchev–Trinajstić information content (AvgIpc) is 3.16. The molecular weight excluding hydrogens is 533 g/mol. The number of halogens is 4. The predicted molar refractivity (Wildman–Crippen MR) is 118 cm³/mol. The fraction of sp³-hybridized carbons (Fsp3) is 0.150. The third-order valence-corrected chi connectivity index (χ3v) is 7.65. The van der Waals surface area contributed by atoms with Gasteiger partial charge in [0.2, 0.25) is 5.91 Å². The van der Waals surface area contributed by atoms with Gasteiger partial charge in [-0.2, -0.15) is 4.72 Å². The van der Waals surface area contributed by atoms with Gasteiger partial charge in [-0.25, -0.2) is 8.42 Å². The van der Waals surface area contributed by atoms with Crippen LogP contribution < -0.4 is 14.8 Å². The van der Waals surface area contributed by atoms with Crippen LogP contribution in [0.25, 0.3) is 0 Å². The standard InChI is InChI=1S/C20H16BrF3N2O4S2/c21-17-10-11-18(31-17)32(28,29)26-16(12-13-4-2-1-3-5-13)19(27)25-14-6-8-15(9-7-14)30-20(22,23)24/h1-11,16,26H,12H2,(H,25,27)/t16-/m1/s1. The summed E-state index contributed by atoms with van der Waals surface area (Å²) in [5.41, 5.74) is 0.900. The molecule has 170 valence electrons. The van der Waals surface area contributed by atoms with Gasteiger partial charge in [0.15, 0.2) is 0 Å². The molecule has 0 spiro atoms. The second-order valence-electron chi connectivity index (χ2n) is 6.48. The van der Waals surface area contributed by atoms with Gasteiger partial charge in [0.05, 0.1) is 3.79 Å². The number of sulfonamides is 1. The van der Waals surface area contributed by atoms with Crippen LogP contribution in [0.5, 0.6) is 5.75 Å². The van der Waals surface area contributed by atoms with Gasteiger partial charge in [-0.15, -0.1) is 24.5 Å². The fourth-order valence-corrected chi connectivity index (χ4v) is 5.92.